The molecule has 0 saturated carbocycles. The largest absolute Gasteiger partial charge is 0.545 e. The molecule has 98 valence electrons. The molecule has 0 bridgehead atoms. The van der Waals surface area contributed by atoms with Crippen LogP contribution in [0.1, 0.15) is 25.7 Å². The predicted octanol–water partition coefficient (Wildman–Crippen LogP) is 1.38. The monoisotopic (exact) mass is 407 g/mol. The first-order valence-electron chi connectivity index (χ1n) is 4.14. The van der Waals surface area contributed by atoms with E-state index in [0.717, 1.165) is 6.42 Å². The van der Waals surface area contributed by atoms with Crippen LogP contribution in [0.2, 0.25) is 0 Å². The third-order valence-corrected chi connectivity index (χ3v) is 1.24. The van der Waals surface area contributed by atoms with Crippen molar-refractivity contribution in [2.24, 2.45) is 0 Å². The summed E-state index contributed by atoms with van der Waals surface area (Å²) in [5, 5.41) is 0. The normalized spacial score (nSPS) is 10.4. The van der Waals surface area contributed by atoms with Gasteiger partial charge in [-0.15, -0.1) is 0 Å². The summed E-state index contributed by atoms with van der Waals surface area (Å²) in [6.07, 6.45) is 14.5. The van der Waals surface area contributed by atoms with Crippen LogP contribution in [0.25, 0.3) is 0 Å². The Balaban J connectivity index is -0.0000000462. The van der Waals surface area contributed by atoms with E-state index in [-0.39, 0.29) is 21.1 Å². The van der Waals surface area contributed by atoms with Gasteiger partial charge in [0, 0.05) is 21.1 Å². The molecule has 0 radical (unpaired) electrons. The summed E-state index contributed by atoms with van der Waals surface area (Å²) in [5.74, 6) is 0. The molecule has 17 heavy (non-hydrogen) atoms. The summed E-state index contributed by atoms with van der Waals surface area (Å²) < 4.78 is 0. The van der Waals surface area contributed by atoms with E-state index in [1.165, 1.54) is 19.3 Å². The minimum Gasteiger partial charge on any atom is -0.545 e. The van der Waals surface area contributed by atoms with Crippen molar-refractivity contribution in [3.05, 3.63) is 24.3 Å². The summed E-state index contributed by atoms with van der Waals surface area (Å²) in [6.45, 7) is 13.0. The fourth-order valence-electron chi connectivity index (χ4n) is 0.786. The minimum absolute atomic E-state index is 0. The molecule has 0 aromatic rings. The van der Waals surface area contributed by atoms with E-state index in [2.05, 4.69) is 51.5 Å². The molecule has 0 atom stereocenters. The third-order valence-electron chi connectivity index (χ3n) is 1.24. The van der Waals surface area contributed by atoms with E-state index in [1.54, 1.807) is 0 Å². The van der Waals surface area contributed by atoms with Crippen LogP contribution in [0.3, 0.4) is 0 Å². The number of allylic oxidation sites excluding steroid dienone is 4. The molecule has 0 aromatic heterocycles. The first-order valence-corrected chi connectivity index (χ1v) is 4.14. The first-order chi connectivity index (χ1) is 8.00. The SMILES string of the molecule is [C-]1=CCCC=CCC1.[CH-]=O.[CH-]=O.[CH-]=O.[CH-]=O.[W]. The van der Waals surface area contributed by atoms with Gasteiger partial charge in [-0.05, 0) is 6.42 Å². The number of rotatable bonds is 0. The second-order valence-electron chi connectivity index (χ2n) is 2.00. The van der Waals surface area contributed by atoms with Crippen LogP contribution in [0.4, 0.5) is 0 Å². The van der Waals surface area contributed by atoms with Crippen molar-refractivity contribution >= 4 is 27.2 Å². The van der Waals surface area contributed by atoms with E-state index in [9.17, 15) is 0 Å². The molecule has 0 fully saturated rings. The molecule has 5 heteroatoms. The maximum atomic E-state index is 7.75. The second-order valence-corrected chi connectivity index (χ2v) is 2.00. The standard InChI is InChI=1S/C8H11.4CHO.W/c1-2-4-6-8-7-5-3-1;4*1-2;/h1-2,7H,3-6H2;4*1H;/q5*-1;. The van der Waals surface area contributed by atoms with Crippen molar-refractivity contribution in [1.29, 1.82) is 0 Å². The first kappa shape index (κ1) is 29.7. The average molecular weight is 407 g/mol. The van der Waals surface area contributed by atoms with Crippen LogP contribution in [-0.2, 0) is 40.2 Å². The Morgan fingerprint density at radius 2 is 1.12 bits per heavy atom. The zero-order chi connectivity index (χ0) is 13.7. The van der Waals surface area contributed by atoms with E-state index < -0.39 is 0 Å². The molecule has 0 saturated heterocycles. The number of hydrogen-bond donors (Lipinski definition) is 0. The Labute approximate surface area is 117 Å². The molecule has 0 heterocycles. The molecule has 0 N–H and O–H groups in total. The minimum atomic E-state index is 0. The van der Waals surface area contributed by atoms with E-state index >= 15 is 0 Å². The summed E-state index contributed by atoms with van der Waals surface area (Å²) in [5.41, 5.74) is 0. The van der Waals surface area contributed by atoms with Gasteiger partial charge in [-0.3, -0.25) is 33.2 Å². The van der Waals surface area contributed by atoms with Gasteiger partial charge in [-0.2, -0.15) is 6.42 Å². The zero-order valence-corrected chi connectivity index (χ0v) is 12.3. The molecule has 0 unspecified atom stereocenters. The molecular weight excluding hydrogens is 392 g/mol. The zero-order valence-electron chi connectivity index (χ0n) is 9.41. The van der Waals surface area contributed by atoms with Crippen LogP contribution in [0.5, 0.6) is 0 Å². The van der Waals surface area contributed by atoms with E-state index in [0.29, 0.717) is 0 Å². The van der Waals surface area contributed by atoms with Crippen molar-refractivity contribution in [3.63, 3.8) is 0 Å². The van der Waals surface area contributed by atoms with Crippen molar-refractivity contribution in [3.8, 4) is 0 Å². The summed E-state index contributed by atoms with van der Waals surface area (Å²) in [6, 6.07) is 0. The summed E-state index contributed by atoms with van der Waals surface area (Å²) in [4.78, 5) is 31.0. The molecule has 1 rings (SSSR count). The van der Waals surface area contributed by atoms with Gasteiger partial charge in [0.05, 0.1) is 0 Å². The smallest absolute Gasteiger partial charge is 0 e. The molecule has 1 aliphatic carbocycles. The number of carbonyl (C=O) groups excluding carboxylic acids is 4. The van der Waals surface area contributed by atoms with Crippen molar-refractivity contribution in [2.45, 2.75) is 25.7 Å². The van der Waals surface area contributed by atoms with Crippen LogP contribution in [0, 0.1) is 6.08 Å². The molecule has 0 aromatic carbocycles. The second kappa shape index (κ2) is 60.7. The van der Waals surface area contributed by atoms with Crippen LogP contribution in [-0.4, -0.2) is 27.2 Å². The average Bonchev–Trinajstić information content (AvgIpc) is 2.38. The molecule has 0 amide bonds. The third kappa shape index (κ3) is 52.3. The predicted molar refractivity (Wildman–Crippen MR) is 62.4 cm³/mol. The van der Waals surface area contributed by atoms with Gasteiger partial charge < -0.3 is 25.3 Å². The van der Waals surface area contributed by atoms with Gasteiger partial charge in [0.25, 0.3) is 0 Å². The molecular formula is C12H15O4W-5. The van der Waals surface area contributed by atoms with Gasteiger partial charge in [0.2, 0.25) is 0 Å². The Morgan fingerprint density at radius 1 is 0.706 bits per heavy atom. The van der Waals surface area contributed by atoms with E-state index in [1.807, 2.05) is 0 Å². The maximum Gasteiger partial charge on any atom is 0 e. The molecule has 0 spiro atoms. The Morgan fingerprint density at radius 3 is 1.59 bits per heavy atom. The van der Waals surface area contributed by atoms with Crippen molar-refractivity contribution in [2.75, 3.05) is 0 Å². The fourth-order valence-corrected chi connectivity index (χ4v) is 0.786. The molecule has 1 aliphatic rings. The van der Waals surface area contributed by atoms with Crippen molar-refractivity contribution in [1.82, 2.24) is 0 Å². The Hall–Kier alpha value is -1.15. The van der Waals surface area contributed by atoms with Gasteiger partial charge in [-0.1, -0.05) is 25.0 Å². The van der Waals surface area contributed by atoms with Gasteiger partial charge in [0.15, 0.2) is 0 Å². The fraction of sp³-hybridized carbons (Fsp3) is 0.333. The van der Waals surface area contributed by atoms with Crippen LogP contribution < -0.4 is 0 Å². The van der Waals surface area contributed by atoms with E-state index in [4.69, 9.17) is 19.2 Å². The van der Waals surface area contributed by atoms with Crippen LogP contribution >= 0.6 is 0 Å². The van der Waals surface area contributed by atoms with Gasteiger partial charge >= 0.3 is 0 Å². The number of hydrogen-bond acceptors (Lipinski definition) is 4. The summed E-state index contributed by atoms with van der Waals surface area (Å²) in [7, 11) is 0. The molecule has 4 nitrogen and oxygen atoms in total. The molecule has 0 aliphatic heterocycles. The topological polar surface area (TPSA) is 68.3 Å². The van der Waals surface area contributed by atoms with Gasteiger partial charge in [0.1, 0.15) is 0 Å². The Bertz CT molecular complexity index is 127. The Kier molecular flexibility index (Phi) is 106. The van der Waals surface area contributed by atoms with Gasteiger partial charge in [-0.25, -0.2) is 0 Å². The maximum absolute atomic E-state index is 7.75. The summed E-state index contributed by atoms with van der Waals surface area (Å²) >= 11 is 0. The van der Waals surface area contributed by atoms with Crippen molar-refractivity contribution < 1.29 is 40.2 Å². The van der Waals surface area contributed by atoms with Crippen LogP contribution in [0.15, 0.2) is 18.2 Å². The quantitative estimate of drug-likeness (QED) is 0.346.